The predicted molar refractivity (Wildman–Crippen MR) is 157 cm³/mol. The summed E-state index contributed by atoms with van der Waals surface area (Å²) in [6, 6.07) is 18.6. The van der Waals surface area contributed by atoms with Crippen molar-refractivity contribution in [2.75, 3.05) is 37.6 Å². The Labute approximate surface area is 229 Å². The van der Waals surface area contributed by atoms with E-state index in [1.165, 1.54) is 5.56 Å². The van der Waals surface area contributed by atoms with E-state index >= 15 is 0 Å². The number of anilines is 1. The summed E-state index contributed by atoms with van der Waals surface area (Å²) < 4.78 is 2.09. The summed E-state index contributed by atoms with van der Waals surface area (Å²) in [5, 5.41) is 5.03. The lowest BCUT2D eigenvalue weighted by molar-refractivity contribution is 0.0671. The van der Waals surface area contributed by atoms with Crippen LogP contribution in [0.25, 0.3) is 5.69 Å². The SMILES string of the molecule is CC[C@H](C)N(Cc1c(C)nn(-c2ccccc2)c1N1CCN(CC)CC1)C(=O)c1ccc(C(C)(C)C)cc1. The Morgan fingerprint density at radius 3 is 2.16 bits per heavy atom. The van der Waals surface area contributed by atoms with Crippen LogP contribution in [-0.2, 0) is 12.0 Å². The number of piperazine rings is 1. The van der Waals surface area contributed by atoms with Crippen molar-refractivity contribution < 1.29 is 4.79 Å². The van der Waals surface area contributed by atoms with Crippen LogP contribution in [-0.4, -0.2) is 64.3 Å². The van der Waals surface area contributed by atoms with Gasteiger partial charge in [-0.2, -0.15) is 5.10 Å². The van der Waals surface area contributed by atoms with Gasteiger partial charge in [-0.1, -0.05) is 65.0 Å². The number of para-hydroxylation sites is 1. The molecule has 3 aromatic rings. The largest absolute Gasteiger partial charge is 0.354 e. The van der Waals surface area contributed by atoms with Gasteiger partial charge in [0.25, 0.3) is 5.91 Å². The van der Waals surface area contributed by atoms with Gasteiger partial charge in [0.2, 0.25) is 0 Å². The van der Waals surface area contributed by atoms with Crippen LogP contribution in [0.4, 0.5) is 5.82 Å². The zero-order chi connectivity index (χ0) is 27.4. The lowest BCUT2D eigenvalue weighted by Crippen LogP contribution is -2.47. The van der Waals surface area contributed by atoms with Gasteiger partial charge in [-0.3, -0.25) is 4.79 Å². The first-order chi connectivity index (χ1) is 18.1. The topological polar surface area (TPSA) is 44.6 Å². The molecule has 1 amide bonds. The Hall–Kier alpha value is -3.12. The number of carbonyl (C=O) groups excluding carboxylic acids is 1. The molecular formula is C32H45N5O. The standard InChI is InChI=1S/C32H45N5O/c1-8-24(3)36(31(38)26-15-17-27(18-16-26)32(5,6)7)23-29-25(4)33-37(28-13-11-10-12-14-28)30(29)35-21-19-34(9-2)20-22-35/h10-18,24H,8-9,19-23H2,1-7H3/t24-/m0/s1. The second-order valence-corrected chi connectivity index (χ2v) is 11.6. The first-order valence-corrected chi connectivity index (χ1v) is 14.2. The number of hydrogen-bond donors (Lipinski definition) is 0. The Morgan fingerprint density at radius 1 is 0.974 bits per heavy atom. The molecular weight excluding hydrogens is 470 g/mol. The normalized spacial score (nSPS) is 15.5. The average molecular weight is 516 g/mol. The Morgan fingerprint density at radius 2 is 1.61 bits per heavy atom. The fraction of sp³-hybridized carbons (Fsp3) is 0.500. The molecule has 1 aliphatic rings. The van der Waals surface area contributed by atoms with Crippen LogP contribution >= 0.6 is 0 Å². The monoisotopic (exact) mass is 515 g/mol. The number of nitrogens with zero attached hydrogens (tertiary/aromatic N) is 5. The van der Waals surface area contributed by atoms with Gasteiger partial charge in [0.05, 0.1) is 17.9 Å². The maximum Gasteiger partial charge on any atom is 0.254 e. The minimum absolute atomic E-state index is 0.0534. The molecule has 6 heteroatoms. The Bertz CT molecular complexity index is 1200. The number of aromatic nitrogens is 2. The molecule has 0 saturated carbocycles. The maximum atomic E-state index is 13.9. The molecule has 0 bridgehead atoms. The molecule has 0 unspecified atom stereocenters. The number of aryl methyl sites for hydroxylation is 1. The first-order valence-electron chi connectivity index (χ1n) is 14.2. The molecule has 4 rings (SSSR count). The van der Waals surface area contributed by atoms with Crippen LogP contribution in [0.3, 0.4) is 0 Å². The lowest BCUT2D eigenvalue weighted by atomic mass is 9.86. The maximum absolute atomic E-state index is 13.9. The molecule has 1 fully saturated rings. The summed E-state index contributed by atoms with van der Waals surface area (Å²) in [6.45, 7) is 20.8. The molecule has 1 saturated heterocycles. The van der Waals surface area contributed by atoms with E-state index in [1.54, 1.807) is 0 Å². The zero-order valence-electron chi connectivity index (χ0n) is 24.4. The summed E-state index contributed by atoms with van der Waals surface area (Å²) in [4.78, 5) is 20.9. The van der Waals surface area contributed by atoms with E-state index in [1.807, 2.05) is 23.1 Å². The van der Waals surface area contributed by atoms with Gasteiger partial charge >= 0.3 is 0 Å². The van der Waals surface area contributed by atoms with Crippen molar-refractivity contribution in [2.24, 2.45) is 0 Å². The highest BCUT2D eigenvalue weighted by Crippen LogP contribution is 2.31. The minimum atomic E-state index is 0.0534. The summed E-state index contributed by atoms with van der Waals surface area (Å²) in [6.07, 6.45) is 0.891. The molecule has 1 aromatic heterocycles. The molecule has 204 valence electrons. The number of rotatable bonds is 8. The van der Waals surface area contributed by atoms with Crippen molar-refractivity contribution in [2.45, 2.75) is 72.9 Å². The van der Waals surface area contributed by atoms with Crippen LogP contribution in [0, 0.1) is 6.92 Å². The second kappa shape index (κ2) is 11.7. The summed E-state index contributed by atoms with van der Waals surface area (Å²) >= 11 is 0. The fourth-order valence-corrected chi connectivity index (χ4v) is 5.18. The molecule has 2 heterocycles. The third-order valence-corrected chi connectivity index (χ3v) is 7.99. The van der Waals surface area contributed by atoms with Gasteiger partial charge in [-0.05, 0) is 62.1 Å². The highest BCUT2D eigenvalue weighted by molar-refractivity contribution is 5.94. The van der Waals surface area contributed by atoms with E-state index in [0.717, 1.165) is 67.5 Å². The van der Waals surface area contributed by atoms with Crippen molar-refractivity contribution >= 4 is 11.7 Å². The van der Waals surface area contributed by atoms with E-state index in [9.17, 15) is 4.79 Å². The van der Waals surface area contributed by atoms with E-state index in [2.05, 4.69) is 99.3 Å². The summed E-state index contributed by atoms with van der Waals surface area (Å²) in [5.41, 5.74) is 5.19. The molecule has 0 radical (unpaired) electrons. The third-order valence-electron chi connectivity index (χ3n) is 7.99. The fourth-order valence-electron chi connectivity index (χ4n) is 5.18. The molecule has 38 heavy (non-hydrogen) atoms. The smallest absolute Gasteiger partial charge is 0.254 e. The second-order valence-electron chi connectivity index (χ2n) is 11.6. The third kappa shape index (κ3) is 5.96. The van der Waals surface area contributed by atoms with Gasteiger partial charge in [-0.15, -0.1) is 0 Å². The lowest BCUT2D eigenvalue weighted by Gasteiger charge is -2.37. The van der Waals surface area contributed by atoms with E-state index < -0.39 is 0 Å². The predicted octanol–water partition coefficient (Wildman–Crippen LogP) is 6.06. The highest BCUT2D eigenvalue weighted by Gasteiger charge is 2.29. The molecule has 0 N–H and O–H groups in total. The van der Waals surface area contributed by atoms with Crippen molar-refractivity contribution in [3.63, 3.8) is 0 Å². The Balaban J connectivity index is 1.72. The van der Waals surface area contributed by atoms with Gasteiger partial charge in [0.15, 0.2) is 0 Å². The number of carbonyl (C=O) groups is 1. The van der Waals surface area contributed by atoms with Crippen molar-refractivity contribution in [1.29, 1.82) is 0 Å². The van der Waals surface area contributed by atoms with Gasteiger partial charge in [0.1, 0.15) is 5.82 Å². The summed E-state index contributed by atoms with van der Waals surface area (Å²) in [5.74, 6) is 1.20. The molecule has 1 aliphatic heterocycles. The van der Waals surface area contributed by atoms with Gasteiger partial charge < -0.3 is 14.7 Å². The molecule has 0 aliphatic carbocycles. The number of benzene rings is 2. The first kappa shape index (κ1) is 27.9. The van der Waals surface area contributed by atoms with Crippen molar-refractivity contribution in [1.82, 2.24) is 19.6 Å². The van der Waals surface area contributed by atoms with Crippen LogP contribution in [0.5, 0.6) is 0 Å². The molecule has 6 nitrogen and oxygen atoms in total. The van der Waals surface area contributed by atoms with Crippen LogP contribution in [0.15, 0.2) is 54.6 Å². The Kier molecular flexibility index (Phi) is 8.61. The average Bonchev–Trinajstić information content (AvgIpc) is 3.26. The summed E-state index contributed by atoms with van der Waals surface area (Å²) in [7, 11) is 0. The van der Waals surface area contributed by atoms with E-state index in [4.69, 9.17) is 5.10 Å². The molecule has 2 aromatic carbocycles. The molecule has 1 atom stereocenters. The van der Waals surface area contributed by atoms with Crippen molar-refractivity contribution in [3.8, 4) is 5.69 Å². The quantitative estimate of drug-likeness (QED) is 0.366. The highest BCUT2D eigenvalue weighted by atomic mass is 16.2. The van der Waals surface area contributed by atoms with Gasteiger partial charge in [-0.25, -0.2) is 4.68 Å². The van der Waals surface area contributed by atoms with Crippen LogP contribution in [0.2, 0.25) is 0 Å². The van der Waals surface area contributed by atoms with Crippen LogP contribution < -0.4 is 4.90 Å². The van der Waals surface area contributed by atoms with Crippen molar-refractivity contribution in [3.05, 3.63) is 77.0 Å². The van der Waals surface area contributed by atoms with E-state index in [-0.39, 0.29) is 17.4 Å². The number of amides is 1. The molecule has 0 spiro atoms. The number of likely N-dealkylation sites (N-methyl/N-ethyl adjacent to an activating group) is 1. The van der Waals surface area contributed by atoms with E-state index in [0.29, 0.717) is 6.54 Å². The zero-order valence-corrected chi connectivity index (χ0v) is 24.4. The number of hydrogen-bond acceptors (Lipinski definition) is 4. The minimum Gasteiger partial charge on any atom is -0.354 e. The van der Waals surface area contributed by atoms with Crippen LogP contribution in [0.1, 0.15) is 75.1 Å². The van der Waals surface area contributed by atoms with Gasteiger partial charge in [0, 0.05) is 43.3 Å².